The molecule has 0 aromatic heterocycles. The van der Waals surface area contributed by atoms with Crippen LogP contribution in [-0.4, -0.2) is 31.3 Å². The van der Waals surface area contributed by atoms with E-state index in [1.807, 2.05) is 25.1 Å². The minimum atomic E-state index is -0.485. The van der Waals surface area contributed by atoms with Crippen LogP contribution in [0.1, 0.15) is 23.6 Å². The highest BCUT2D eigenvalue weighted by Gasteiger charge is 2.50. The zero-order valence-corrected chi connectivity index (χ0v) is 18.5. The molecule has 0 bridgehead atoms. The van der Waals surface area contributed by atoms with Gasteiger partial charge in [0.2, 0.25) is 5.91 Å². The molecule has 3 atom stereocenters. The number of amides is 1. The highest BCUT2D eigenvalue weighted by molar-refractivity contribution is 8.01. The zero-order chi connectivity index (χ0) is 21.7. The highest BCUT2D eigenvalue weighted by atomic mass is 32.2. The van der Waals surface area contributed by atoms with Crippen molar-refractivity contribution in [2.24, 2.45) is 5.92 Å². The van der Waals surface area contributed by atoms with E-state index >= 15 is 0 Å². The first-order valence-electron chi connectivity index (χ1n) is 10.4. The summed E-state index contributed by atoms with van der Waals surface area (Å²) in [5.41, 5.74) is 3.51. The first-order valence-corrected chi connectivity index (χ1v) is 11.3. The third-order valence-corrected chi connectivity index (χ3v) is 7.44. The topological polar surface area (TPSA) is 47.6 Å². The molecule has 1 saturated heterocycles. The van der Waals surface area contributed by atoms with E-state index in [4.69, 9.17) is 9.47 Å². The smallest absolute Gasteiger partial charge is 0.229 e. The van der Waals surface area contributed by atoms with Gasteiger partial charge in [0.15, 0.2) is 0 Å². The van der Waals surface area contributed by atoms with Gasteiger partial charge in [0.05, 0.1) is 22.1 Å². The van der Waals surface area contributed by atoms with Crippen molar-refractivity contribution in [3.05, 3.63) is 108 Å². The number of carbonyl (C=O) groups is 1. The fourth-order valence-corrected chi connectivity index (χ4v) is 5.99. The van der Waals surface area contributed by atoms with E-state index < -0.39 is 4.75 Å². The maximum atomic E-state index is 12.5. The summed E-state index contributed by atoms with van der Waals surface area (Å²) in [5.74, 6) is -0.236. The van der Waals surface area contributed by atoms with Crippen molar-refractivity contribution in [1.29, 1.82) is 0 Å². The molecule has 4 nitrogen and oxygen atoms in total. The van der Waals surface area contributed by atoms with Gasteiger partial charge in [-0.1, -0.05) is 91.0 Å². The molecule has 1 N–H and O–H groups in total. The van der Waals surface area contributed by atoms with E-state index in [1.165, 1.54) is 16.7 Å². The van der Waals surface area contributed by atoms with Gasteiger partial charge in [-0.2, -0.15) is 0 Å². The molecular formula is C26H27NO3S. The third kappa shape index (κ3) is 4.26. The van der Waals surface area contributed by atoms with Crippen molar-refractivity contribution in [2.45, 2.75) is 23.1 Å². The van der Waals surface area contributed by atoms with Gasteiger partial charge in [-0.25, -0.2) is 0 Å². The molecule has 3 aromatic carbocycles. The van der Waals surface area contributed by atoms with Gasteiger partial charge in [-0.15, -0.1) is 11.8 Å². The Morgan fingerprint density at radius 2 is 1.32 bits per heavy atom. The van der Waals surface area contributed by atoms with Gasteiger partial charge in [0, 0.05) is 7.11 Å². The number of nitrogens with one attached hydrogen (secondary N) is 1. The Morgan fingerprint density at radius 1 is 0.871 bits per heavy atom. The number of β-lactam (4-membered cyclic amide) rings is 1. The van der Waals surface area contributed by atoms with Crippen LogP contribution in [0.5, 0.6) is 0 Å². The number of ether oxygens (including phenoxy) is 2. The van der Waals surface area contributed by atoms with Crippen molar-refractivity contribution in [2.75, 3.05) is 13.9 Å². The van der Waals surface area contributed by atoms with E-state index in [2.05, 4.69) is 78.1 Å². The van der Waals surface area contributed by atoms with Crippen LogP contribution in [0.2, 0.25) is 0 Å². The standard InChI is InChI=1S/C26H27NO3S/c1-19(30-18-29-2)23-24(28)27-25(23)31-26(20-12-6-3-7-13-20,21-14-8-4-9-15-21)22-16-10-5-11-17-22/h3-17,19,23,25H,18H2,1-2H3,(H,27,28). The number of rotatable bonds is 9. The monoisotopic (exact) mass is 433 g/mol. The lowest BCUT2D eigenvalue weighted by atomic mass is 9.84. The second kappa shape index (κ2) is 9.69. The second-order valence-corrected chi connectivity index (χ2v) is 8.99. The van der Waals surface area contributed by atoms with Gasteiger partial charge in [-0.3, -0.25) is 4.79 Å². The average Bonchev–Trinajstić information content (AvgIpc) is 2.82. The minimum absolute atomic E-state index is 0.0178. The first kappa shape index (κ1) is 21.6. The van der Waals surface area contributed by atoms with E-state index in [-0.39, 0.29) is 30.1 Å². The molecule has 0 aliphatic carbocycles. The lowest BCUT2D eigenvalue weighted by molar-refractivity contribution is -0.146. The second-order valence-electron chi connectivity index (χ2n) is 7.63. The number of hydrogen-bond donors (Lipinski definition) is 1. The average molecular weight is 434 g/mol. The minimum Gasteiger partial charge on any atom is -0.359 e. The Hall–Kier alpha value is -2.60. The molecule has 3 aromatic rings. The lowest BCUT2D eigenvalue weighted by Gasteiger charge is -2.45. The summed E-state index contributed by atoms with van der Waals surface area (Å²) in [5, 5.41) is 3.02. The van der Waals surface area contributed by atoms with Gasteiger partial charge < -0.3 is 14.8 Å². The molecule has 5 heteroatoms. The molecule has 1 aliphatic rings. The summed E-state index contributed by atoms with van der Waals surface area (Å²) in [6.07, 6.45) is -0.244. The number of methoxy groups -OCH3 is 1. The molecule has 31 heavy (non-hydrogen) atoms. The predicted octanol–water partition coefficient (Wildman–Crippen LogP) is 4.79. The third-order valence-electron chi connectivity index (χ3n) is 5.71. The van der Waals surface area contributed by atoms with E-state index in [0.29, 0.717) is 0 Å². The Morgan fingerprint density at radius 3 is 1.71 bits per heavy atom. The molecule has 0 radical (unpaired) electrons. The van der Waals surface area contributed by atoms with E-state index in [9.17, 15) is 4.79 Å². The number of carbonyl (C=O) groups excluding carboxylic acids is 1. The van der Waals surface area contributed by atoms with Gasteiger partial charge in [0.1, 0.15) is 6.79 Å². The summed E-state index contributed by atoms with van der Waals surface area (Å²) in [6, 6.07) is 31.5. The normalized spacial score (nSPS) is 19.4. The largest absolute Gasteiger partial charge is 0.359 e. The molecule has 1 amide bonds. The molecular weight excluding hydrogens is 406 g/mol. The number of benzene rings is 3. The molecule has 4 rings (SSSR count). The van der Waals surface area contributed by atoms with Crippen LogP contribution in [0.4, 0.5) is 0 Å². The van der Waals surface area contributed by atoms with Gasteiger partial charge >= 0.3 is 0 Å². The molecule has 0 spiro atoms. The first-order chi connectivity index (χ1) is 15.2. The fourth-order valence-electron chi connectivity index (χ4n) is 4.12. The van der Waals surface area contributed by atoms with Crippen molar-refractivity contribution in [3.8, 4) is 0 Å². The molecule has 0 saturated carbocycles. The summed E-state index contributed by atoms with van der Waals surface area (Å²) in [4.78, 5) is 12.5. The Kier molecular flexibility index (Phi) is 6.76. The van der Waals surface area contributed by atoms with Gasteiger partial charge in [0.25, 0.3) is 0 Å². The van der Waals surface area contributed by atoms with Crippen LogP contribution >= 0.6 is 11.8 Å². The maximum absolute atomic E-state index is 12.5. The number of hydrogen-bond acceptors (Lipinski definition) is 4. The van der Waals surface area contributed by atoms with E-state index in [1.54, 1.807) is 18.9 Å². The summed E-state index contributed by atoms with van der Waals surface area (Å²) < 4.78 is 10.3. The van der Waals surface area contributed by atoms with Crippen LogP contribution in [0.3, 0.4) is 0 Å². The molecule has 160 valence electrons. The van der Waals surface area contributed by atoms with Crippen LogP contribution in [-0.2, 0) is 19.0 Å². The van der Waals surface area contributed by atoms with Crippen molar-refractivity contribution in [3.63, 3.8) is 0 Å². The number of thioether (sulfide) groups is 1. The van der Waals surface area contributed by atoms with Crippen molar-refractivity contribution >= 4 is 17.7 Å². The van der Waals surface area contributed by atoms with E-state index in [0.717, 1.165) is 0 Å². The lowest BCUT2D eigenvalue weighted by Crippen LogP contribution is -2.61. The fraction of sp³-hybridized carbons (Fsp3) is 0.269. The van der Waals surface area contributed by atoms with Crippen LogP contribution in [0, 0.1) is 5.92 Å². The molecule has 1 heterocycles. The SMILES string of the molecule is COCOC(C)C1C(=O)NC1SC(c1ccccc1)(c1ccccc1)c1ccccc1. The Labute approximate surface area is 188 Å². The zero-order valence-electron chi connectivity index (χ0n) is 17.7. The predicted molar refractivity (Wildman–Crippen MR) is 125 cm³/mol. The van der Waals surface area contributed by atoms with Crippen molar-refractivity contribution in [1.82, 2.24) is 5.32 Å². The summed E-state index contributed by atoms with van der Waals surface area (Å²) in [7, 11) is 1.59. The molecule has 1 aliphatic heterocycles. The Bertz CT molecular complexity index is 885. The van der Waals surface area contributed by atoms with Crippen molar-refractivity contribution < 1.29 is 14.3 Å². The summed E-state index contributed by atoms with van der Waals surface area (Å²) in [6.45, 7) is 2.11. The highest BCUT2D eigenvalue weighted by Crippen LogP contribution is 2.52. The maximum Gasteiger partial charge on any atom is 0.229 e. The summed E-state index contributed by atoms with van der Waals surface area (Å²) >= 11 is 1.76. The van der Waals surface area contributed by atoms with Crippen LogP contribution < -0.4 is 5.32 Å². The quantitative estimate of drug-likeness (QED) is 0.299. The molecule has 3 unspecified atom stereocenters. The van der Waals surface area contributed by atoms with Crippen LogP contribution in [0.25, 0.3) is 0 Å². The molecule has 1 fully saturated rings. The van der Waals surface area contributed by atoms with Gasteiger partial charge in [-0.05, 0) is 23.6 Å². The van der Waals surface area contributed by atoms with Crippen LogP contribution in [0.15, 0.2) is 91.0 Å². The Balaban J connectivity index is 1.80.